The number of amides is 2. The van der Waals surface area contributed by atoms with Crippen LogP contribution in [0.1, 0.15) is 32.3 Å². The molecule has 118 valence electrons. The lowest BCUT2D eigenvalue weighted by Crippen LogP contribution is -2.52. The van der Waals surface area contributed by atoms with Gasteiger partial charge in [0, 0.05) is 12.6 Å². The standard InChI is InChI=1S/C15H22F2N2O2/c1-3-7-15(2,10-20)19-14(21)18-8-6-11-4-5-12(16)9-13(11)17/h4-5,9,20H,3,6-8,10H2,1-2H3,(H2,18,19,21). The molecule has 0 bridgehead atoms. The first-order chi connectivity index (χ1) is 9.90. The van der Waals surface area contributed by atoms with Gasteiger partial charge >= 0.3 is 6.03 Å². The van der Waals surface area contributed by atoms with E-state index in [1.165, 1.54) is 12.1 Å². The fraction of sp³-hybridized carbons (Fsp3) is 0.533. The normalized spacial score (nSPS) is 13.6. The van der Waals surface area contributed by atoms with Crippen LogP contribution in [-0.2, 0) is 6.42 Å². The zero-order valence-electron chi connectivity index (χ0n) is 12.4. The lowest BCUT2D eigenvalue weighted by Gasteiger charge is -2.28. The van der Waals surface area contributed by atoms with Gasteiger partial charge in [-0.05, 0) is 31.4 Å². The first-order valence-corrected chi connectivity index (χ1v) is 7.01. The maximum Gasteiger partial charge on any atom is 0.315 e. The second-order valence-electron chi connectivity index (χ2n) is 5.34. The average molecular weight is 300 g/mol. The van der Waals surface area contributed by atoms with Gasteiger partial charge in [-0.3, -0.25) is 0 Å². The quantitative estimate of drug-likeness (QED) is 0.724. The summed E-state index contributed by atoms with van der Waals surface area (Å²) in [4.78, 5) is 11.7. The predicted octanol–water partition coefficient (Wildman–Crippen LogP) is 2.36. The molecule has 3 N–H and O–H groups in total. The van der Waals surface area contributed by atoms with Crippen LogP contribution in [0.2, 0.25) is 0 Å². The summed E-state index contributed by atoms with van der Waals surface area (Å²) in [5.74, 6) is -1.25. The molecule has 0 fully saturated rings. The number of halogens is 2. The Labute approximate surface area is 123 Å². The second kappa shape index (κ2) is 7.93. The van der Waals surface area contributed by atoms with Crippen LogP contribution < -0.4 is 10.6 Å². The van der Waals surface area contributed by atoms with Gasteiger partial charge in [-0.15, -0.1) is 0 Å². The van der Waals surface area contributed by atoms with Gasteiger partial charge < -0.3 is 15.7 Å². The molecule has 1 atom stereocenters. The summed E-state index contributed by atoms with van der Waals surface area (Å²) in [6.45, 7) is 3.80. The van der Waals surface area contributed by atoms with E-state index >= 15 is 0 Å². The minimum absolute atomic E-state index is 0.152. The summed E-state index contributed by atoms with van der Waals surface area (Å²) < 4.78 is 26.2. The van der Waals surface area contributed by atoms with Crippen molar-refractivity contribution < 1.29 is 18.7 Å². The molecule has 0 radical (unpaired) electrons. The maximum absolute atomic E-state index is 13.4. The molecule has 1 aromatic carbocycles. The molecule has 0 spiro atoms. The maximum atomic E-state index is 13.4. The van der Waals surface area contributed by atoms with Crippen LogP contribution in [0.3, 0.4) is 0 Å². The molecule has 4 nitrogen and oxygen atoms in total. The number of benzene rings is 1. The molecule has 0 aliphatic rings. The third-order valence-electron chi connectivity index (χ3n) is 3.26. The van der Waals surface area contributed by atoms with Crippen molar-refractivity contribution in [2.75, 3.05) is 13.2 Å². The number of carbonyl (C=O) groups excluding carboxylic acids is 1. The molecule has 6 heteroatoms. The Morgan fingerprint density at radius 3 is 2.67 bits per heavy atom. The minimum atomic E-state index is -0.667. The van der Waals surface area contributed by atoms with Gasteiger partial charge in [0.25, 0.3) is 0 Å². The highest BCUT2D eigenvalue weighted by Crippen LogP contribution is 2.11. The number of hydrogen-bond donors (Lipinski definition) is 3. The summed E-state index contributed by atoms with van der Waals surface area (Å²) in [6, 6.07) is 2.95. The molecular weight excluding hydrogens is 278 g/mol. The Bertz CT molecular complexity index is 483. The third-order valence-corrected chi connectivity index (χ3v) is 3.26. The summed E-state index contributed by atoms with van der Waals surface area (Å²) >= 11 is 0. The molecule has 0 aliphatic heterocycles. The summed E-state index contributed by atoms with van der Waals surface area (Å²) in [5, 5.41) is 14.6. The topological polar surface area (TPSA) is 61.4 Å². The first-order valence-electron chi connectivity index (χ1n) is 7.01. The van der Waals surface area contributed by atoms with Crippen LogP contribution in [0.15, 0.2) is 18.2 Å². The van der Waals surface area contributed by atoms with Gasteiger partial charge in [0.2, 0.25) is 0 Å². The van der Waals surface area contributed by atoms with Crippen molar-refractivity contribution in [3.05, 3.63) is 35.4 Å². The molecule has 1 rings (SSSR count). The minimum Gasteiger partial charge on any atom is -0.394 e. The summed E-state index contributed by atoms with van der Waals surface area (Å²) in [6.07, 6.45) is 1.75. The molecule has 0 saturated carbocycles. The fourth-order valence-corrected chi connectivity index (χ4v) is 2.09. The molecule has 2 amide bonds. The van der Waals surface area contributed by atoms with E-state index in [0.29, 0.717) is 12.0 Å². The Morgan fingerprint density at radius 2 is 2.10 bits per heavy atom. The van der Waals surface area contributed by atoms with E-state index < -0.39 is 23.2 Å². The average Bonchev–Trinajstić information content (AvgIpc) is 2.41. The molecular formula is C15H22F2N2O2. The van der Waals surface area contributed by atoms with Crippen molar-refractivity contribution in [3.8, 4) is 0 Å². The van der Waals surface area contributed by atoms with E-state index in [-0.39, 0.29) is 19.6 Å². The van der Waals surface area contributed by atoms with Crippen LogP contribution in [0.4, 0.5) is 13.6 Å². The van der Waals surface area contributed by atoms with Crippen LogP contribution in [0.25, 0.3) is 0 Å². The van der Waals surface area contributed by atoms with Crippen LogP contribution in [0.5, 0.6) is 0 Å². The number of rotatable bonds is 7. The Morgan fingerprint density at radius 1 is 1.38 bits per heavy atom. The van der Waals surface area contributed by atoms with Gasteiger partial charge in [0.1, 0.15) is 11.6 Å². The molecule has 0 aromatic heterocycles. The number of nitrogens with one attached hydrogen (secondary N) is 2. The van der Waals surface area contributed by atoms with Gasteiger partial charge in [0.15, 0.2) is 0 Å². The fourth-order valence-electron chi connectivity index (χ4n) is 2.09. The summed E-state index contributed by atoms with van der Waals surface area (Å²) in [5.41, 5.74) is -0.324. The highest BCUT2D eigenvalue weighted by Gasteiger charge is 2.24. The number of aliphatic hydroxyl groups excluding tert-OH is 1. The van der Waals surface area contributed by atoms with Crippen molar-refractivity contribution in [2.45, 2.75) is 38.6 Å². The Hall–Kier alpha value is -1.69. The van der Waals surface area contributed by atoms with Crippen LogP contribution >= 0.6 is 0 Å². The monoisotopic (exact) mass is 300 g/mol. The highest BCUT2D eigenvalue weighted by atomic mass is 19.1. The molecule has 0 saturated heterocycles. The van der Waals surface area contributed by atoms with E-state index in [4.69, 9.17) is 0 Å². The lowest BCUT2D eigenvalue weighted by molar-refractivity contribution is 0.163. The Kier molecular flexibility index (Phi) is 6.55. The predicted molar refractivity (Wildman–Crippen MR) is 77.0 cm³/mol. The lowest BCUT2D eigenvalue weighted by atomic mass is 9.98. The van der Waals surface area contributed by atoms with Gasteiger partial charge in [-0.25, -0.2) is 13.6 Å². The van der Waals surface area contributed by atoms with E-state index in [1.54, 1.807) is 6.92 Å². The van der Waals surface area contributed by atoms with Gasteiger partial charge in [0.05, 0.1) is 12.1 Å². The zero-order valence-corrected chi connectivity index (χ0v) is 12.4. The number of carbonyl (C=O) groups is 1. The van der Waals surface area contributed by atoms with E-state index in [1.807, 2.05) is 6.92 Å². The molecule has 1 unspecified atom stereocenters. The van der Waals surface area contributed by atoms with E-state index in [9.17, 15) is 18.7 Å². The third kappa shape index (κ3) is 5.67. The van der Waals surface area contributed by atoms with Crippen molar-refractivity contribution in [1.29, 1.82) is 0 Å². The number of hydrogen-bond acceptors (Lipinski definition) is 2. The molecule has 1 aromatic rings. The number of urea groups is 1. The first kappa shape index (κ1) is 17.4. The van der Waals surface area contributed by atoms with Crippen molar-refractivity contribution in [3.63, 3.8) is 0 Å². The SMILES string of the molecule is CCCC(C)(CO)NC(=O)NCCc1ccc(F)cc1F. The zero-order chi connectivity index (χ0) is 15.9. The van der Waals surface area contributed by atoms with Gasteiger partial charge in [-0.1, -0.05) is 19.4 Å². The van der Waals surface area contributed by atoms with E-state index in [0.717, 1.165) is 12.5 Å². The smallest absolute Gasteiger partial charge is 0.315 e. The number of aliphatic hydroxyl groups is 1. The van der Waals surface area contributed by atoms with E-state index in [2.05, 4.69) is 10.6 Å². The molecule has 0 aliphatic carbocycles. The van der Waals surface area contributed by atoms with Crippen molar-refractivity contribution >= 4 is 6.03 Å². The molecule has 0 heterocycles. The van der Waals surface area contributed by atoms with Crippen LogP contribution in [0, 0.1) is 11.6 Å². The van der Waals surface area contributed by atoms with Crippen LogP contribution in [-0.4, -0.2) is 29.8 Å². The largest absolute Gasteiger partial charge is 0.394 e. The highest BCUT2D eigenvalue weighted by molar-refractivity contribution is 5.74. The Balaban J connectivity index is 2.43. The van der Waals surface area contributed by atoms with Crippen molar-refractivity contribution in [2.24, 2.45) is 0 Å². The van der Waals surface area contributed by atoms with Crippen molar-refractivity contribution in [1.82, 2.24) is 10.6 Å². The summed E-state index contributed by atoms with van der Waals surface area (Å²) in [7, 11) is 0. The van der Waals surface area contributed by atoms with Gasteiger partial charge in [-0.2, -0.15) is 0 Å². The molecule has 21 heavy (non-hydrogen) atoms. The second-order valence-corrected chi connectivity index (χ2v) is 5.34.